The Kier molecular flexibility index (Phi) is 3.50. The van der Waals surface area contributed by atoms with Crippen molar-refractivity contribution < 1.29 is 8.42 Å². The van der Waals surface area contributed by atoms with Gasteiger partial charge in [0.15, 0.2) is 0 Å². The maximum Gasteiger partial charge on any atom is 0.235 e. The topological polar surface area (TPSA) is 49.4 Å². The van der Waals surface area contributed by atoms with E-state index in [0.717, 1.165) is 43.6 Å². The second-order valence-corrected chi connectivity index (χ2v) is 7.36. The van der Waals surface area contributed by atoms with Gasteiger partial charge in [0, 0.05) is 6.54 Å². The van der Waals surface area contributed by atoms with Crippen LogP contribution in [-0.4, -0.2) is 33.8 Å². The van der Waals surface area contributed by atoms with Crippen molar-refractivity contribution in [2.75, 3.05) is 29.7 Å². The molecule has 0 aliphatic carbocycles. The molecule has 2 aliphatic rings. The fourth-order valence-corrected chi connectivity index (χ4v) is 4.99. The van der Waals surface area contributed by atoms with Gasteiger partial charge in [0.05, 0.1) is 11.4 Å². The van der Waals surface area contributed by atoms with Gasteiger partial charge in [-0.25, -0.2) is 8.42 Å². The van der Waals surface area contributed by atoms with Gasteiger partial charge in [-0.05, 0) is 49.9 Å². The summed E-state index contributed by atoms with van der Waals surface area (Å²) in [5, 5.41) is 3.28. The molecule has 2 aliphatic heterocycles. The third kappa shape index (κ3) is 2.62. The monoisotopic (exact) mass is 280 g/mol. The third-order valence-electron chi connectivity index (χ3n) is 4.09. The van der Waals surface area contributed by atoms with Gasteiger partial charge >= 0.3 is 0 Å². The molecule has 1 aromatic carbocycles. The smallest absolute Gasteiger partial charge is 0.235 e. The van der Waals surface area contributed by atoms with Crippen LogP contribution >= 0.6 is 0 Å². The van der Waals surface area contributed by atoms with E-state index in [2.05, 4.69) is 5.32 Å². The normalized spacial score (nSPS) is 20.5. The number of nitrogens with one attached hydrogen (secondary N) is 1. The summed E-state index contributed by atoms with van der Waals surface area (Å²) in [5.74, 6) is 0.599. The lowest BCUT2D eigenvalue weighted by Crippen LogP contribution is -2.37. The SMILES string of the molecule is O=S(=O)(CC1CCNCC1)N1CCc2ccccc21. The van der Waals surface area contributed by atoms with Crippen LogP contribution in [0.1, 0.15) is 18.4 Å². The number of fused-ring (bicyclic) bond motifs is 1. The summed E-state index contributed by atoms with van der Waals surface area (Å²) < 4.78 is 26.8. The Bertz CT molecular complexity index is 550. The van der Waals surface area contributed by atoms with Crippen molar-refractivity contribution >= 4 is 15.7 Å². The van der Waals surface area contributed by atoms with Crippen molar-refractivity contribution in [2.24, 2.45) is 5.92 Å². The van der Waals surface area contributed by atoms with E-state index in [1.807, 2.05) is 24.3 Å². The Balaban J connectivity index is 1.78. The Morgan fingerprint density at radius 2 is 1.95 bits per heavy atom. The van der Waals surface area contributed by atoms with Crippen LogP contribution < -0.4 is 9.62 Å². The van der Waals surface area contributed by atoms with E-state index in [4.69, 9.17) is 0 Å². The van der Waals surface area contributed by atoms with Crippen LogP contribution in [0.2, 0.25) is 0 Å². The summed E-state index contributed by atoms with van der Waals surface area (Å²) in [6.45, 7) is 2.49. The Hall–Kier alpha value is -1.07. The minimum atomic E-state index is -3.17. The van der Waals surface area contributed by atoms with Crippen molar-refractivity contribution in [1.29, 1.82) is 0 Å². The highest BCUT2D eigenvalue weighted by Gasteiger charge is 2.31. The molecule has 2 heterocycles. The van der Waals surface area contributed by atoms with E-state index < -0.39 is 10.0 Å². The van der Waals surface area contributed by atoms with Gasteiger partial charge in [0.2, 0.25) is 10.0 Å². The van der Waals surface area contributed by atoms with Crippen LogP contribution in [0.25, 0.3) is 0 Å². The second-order valence-electron chi connectivity index (χ2n) is 5.42. The molecule has 0 amide bonds. The summed E-state index contributed by atoms with van der Waals surface area (Å²) >= 11 is 0. The average molecular weight is 280 g/mol. The molecule has 0 spiro atoms. The largest absolute Gasteiger partial charge is 0.317 e. The number of sulfonamides is 1. The molecule has 104 valence electrons. The highest BCUT2D eigenvalue weighted by Crippen LogP contribution is 2.31. The molecule has 0 aromatic heterocycles. The first-order valence-electron chi connectivity index (χ1n) is 6.96. The Morgan fingerprint density at radius 3 is 2.74 bits per heavy atom. The van der Waals surface area contributed by atoms with Crippen LogP contribution in [0.3, 0.4) is 0 Å². The Labute approximate surface area is 114 Å². The lowest BCUT2D eigenvalue weighted by atomic mass is 10.0. The van der Waals surface area contributed by atoms with Crippen molar-refractivity contribution in [3.8, 4) is 0 Å². The summed E-state index contributed by atoms with van der Waals surface area (Å²) in [7, 11) is -3.17. The predicted molar refractivity (Wildman–Crippen MR) is 76.9 cm³/mol. The van der Waals surface area contributed by atoms with Gasteiger partial charge in [-0.2, -0.15) is 0 Å². The van der Waals surface area contributed by atoms with Crippen molar-refractivity contribution in [3.63, 3.8) is 0 Å². The van der Waals surface area contributed by atoms with Gasteiger partial charge in [0.25, 0.3) is 0 Å². The molecule has 0 saturated carbocycles. The van der Waals surface area contributed by atoms with Gasteiger partial charge in [-0.15, -0.1) is 0 Å². The number of hydrogen-bond donors (Lipinski definition) is 1. The van der Waals surface area contributed by atoms with E-state index >= 15 is 0 Å². The minimum absolute atomic E-state index is 0.295. The first-order valence-corrected chi connectivity index (χ1v) is 8.57. The first-order chi connectivity index (χ1) is 9.17. The molecule has 1 fully saturated rings. The van der Waals surface area contributed by atoms with Crippen LogP contribution in [-0.2, 0) is 16.4 Å². The summed E-state index contributed by atoms with van der Waals surface area (Å²) in [6.07, 6.45) is 2.77. The third-order valence-corrected chi connectivity index (χ3v) is 6.03. The highest BCUT2D eigenvalue weighted by atomic mass is 32.2. The molecule has 1 N–H and O–H groups in total. The number of benzene rings is 1. The maximum atomic E-state index is 12.6. The molecule has 3 rings (SSSR count). The number of piperidine rings is 1. The summed E-state index contributed by atoms with van der Waals surface area (Å²) in [6, 6.07) is 7.83. The van der Waals surface area contributed by atoms with E-state index in [-0.39, 0.29) is 0 Å². The fraction of sp³-hybridized carbons (Fsp3) is 0.571. The van der Waals surface area contributed by atoms with Crippen LogP contribution in [0.15, 0.2) is 24.3 Å². The van der Waals surface area contributed by atoms with Gasteiger partial charge in [-0.3, -0.25) is 4.31 Å². The van der Waals surface area contributed by atoms with Crippen LogP contribution in [0, 0.1) is 5.92 Å². The zero-order valence-corrected chi connectivity index (χ0v) is 11.8. The quantitative estimate of drug-likeness (QED) is 0.910. The molecule has 0 radical (unpaired) electrons. The predicted octanol–water partition coefficient (Wildman–Crippen LogP) is 1.38. The molecule has 5 heteroatoms. The van der Waals surface area contributed by atoms with E-state index in [1.54, 1.807) is 4.31 Å². The number of anilines is 1. The zero-order valence-electron chi connectivity index (χ0n) is 11.0. The maximum absolute atomic E-state index is 12.6. The molecule has 4 nitrogen and oxygen atoms in total. The molecular formula is C14H20N2O2S. The summed E-state index contributed by atoms with van der Waals surface area (Å²) in [5.41, 5.74) is 2.04. The fourth-order valence-electron chi connectivity index (χ4n) is 3.03. The highest BCUT2D eigenvalue weighted by molar-refractivity contribution is 7.92. The van der Waals surface area contributed by atoms with Gasteiger partial charge in [-0.1, -0.05) is 18.2 Å². The Morgan fingerprint density at radius 1 is 1.21 bits per heavy atom. The number of para-hydroxylation sites is 1. The lowest BCUT2D eigenvalue weighted by Gasteiger charge is -2.26. The van der Waals surface area contributed by atoms with E-state index in [0.29, 0.717) is 18.2 Å². The molecule has 0 atom stereocenters. The number of nitrogens with zero attached hydrogens (tertiary/aromatic N) is 1. The number of hydrogen-bond acceptors (Lipinski definition) is 3. The van der Waals surface area contributed by atoms with E-state index in [9.17, 15) is 8.42 Å². The van der Waals surface area contributed by atoms with Crippen molar-refractivity contribution in [3.05, 3.63) is 29.8 Å². The molecule has 19 heavy (non-hydrogen) atoms. The van der Waals surface area contributed by atoms with Crippen molar-refractivity contribution in [2.45, 2.75) is 19.3 Å². The van der Waals surface area contributed by atoms with Crippen LogP contribution in [0.4, 0.5) is 5.69 Å². The lowest BCUT2D eigenvalue weighted by molar-refractivity contribution is 0.401. The standard InChI is InChI=1S/C14H20N2O2S/c17-19(18,11-12-5-8-15-9-6-12)16-10-7-13-3-1-2-4-14(13)16/h1-4,12,15H,5-11H2. The van der Waals surface area contributed by atoms with Gasteiger partial charge < -0.3 is 5.32 Å². The molecule has 1 aromatic rings. The molecular weight excluding hydrogens is 260 g/mol. The van der Waals surface area contributed by atoms with Crippen LogP contribution in [0.5, 0.6) is 0 Å². The second kappa shape index (κ2) is 5.13. The molecule has 1 saturated heterocycles. The first kappa shape index (κ1) is 12.9. The minimum Gasteiger partial charge on any atom is -0.317 e. The van der Waals surface area contributed by atoms with E-state index in [1.165, 1.54) is 0 Å². The van der Waals surface area contributed by atoms with Gasteiger partial charge in [0.1, 0.15) is 0 Å². The average Bonchev–Trinajstić information content (AvgIpc) is 2.84. The molecule has 0 bridgehead atoms. The number of rotatable bonds is 3. The summed E-state index contributed by atoms with van der Waals surface area (Å²) in [4.78, 5) is 0. The zero-order chi connectivity index (χ0) is 13.3. The molecule has 0 unspecified atom stereocenters. The van der Waals surface area contributed by atoms with Crippen molar-refractivity contribution in [1.82, 2.24) is 5.32 Å².